The van der Waals surface area contributed by atoms with Crippen LogP contribution in [0.5, 0.6) is 0 Å². The van der Waals surface area contributed by atoms with Gasteiger partial charge in [-0.05, 0) is 25.8 Å². The molecule has 2 fully saturated rings. The summed E-state index contributed by atoms with van der Waals surface area (Å²) in [5.41, 5.74) is 0. The van der Waals surface area contributed by atoms with Crippen LogP contribution in [0.25, 0.3) is 0 Å². The van der Waals surface area contributed by atoms with Gasteiger partial charge in [-0.2, -0.15) is 0 Å². The zero-order valence-corrected chi connectivity index (χ0v) is 13.5. The number of carbonyl (C=O) groups is 1. The summed E-state index contributed by atoms with van der Waals surface area (Å²) in [6.07, 6.45) is 3.02. The van der Waals surface area contributed by atoms with Gasteiger partial charge >= 0.3 is 0 Å². The molecule has 0 spiro atoms. The second-order valence-corrected chi connectivity index (χ2v) is 7.79. The predicted octanol–water partition coefficient (Wildman–Crippen LogP) is -0.991. The highest BCUT2D eigenvalue weighted by molar-refractivity contribution is 7.88. The average molecular weight is 319 g/mol. The lowest BCUT2D eigenvalue weighted by atomic mass is 9.95. The van der Waals surface area contributed by atoms with Gasteiger partial charge in [-0.3, -0.25) is 4.79 Å². The third-order valence-electron chi connectivity index (χ3n) is 4.23. The first-order valence-corrected chi connectivity index (χ1v) is 9.28. The van der Waals surface area contributed by atoms with Crippen molar-refractivity contribution in [2.45, 2.75) is 18.9 Å². The molecule has 0 aromatic rings. The Labute approximate surface area is 126 Å². The smallest absolute Gasteiger partial charge is 0.229 e. The van der Waals surface area contributed by atoms with Crippen molar-refractivity contribution in [3.8, 4) is 0 Å². The number of amides is 1. The van der Waals surface area contributed by atoms with Crippen molar-refractivity contribution in [2.75, 3.05) is 46.2 Å². The summed E-state index contributed by atoms with van der Waals surface area (Å²) < 4.78 is 30.3. The molecule has 0 bridgehead atoms. The maximum absolute atomic E-state index is 12.6. The van der Waals surface area contributed by atoms with E-state index in [4.69, 9.17) is 4.74 Å². The van der Waals surface area contributed by atoms with E-state index < -0.39 is 10.0 Å². The van der Waals surface area contributed by atoms with Crippen molar-refractivity contribution in [1.82, 2.24) is 14.9 Å². The van der Waals surface area contributed by atoms with E-state index in [0.29, 0.717) is 26.3 Å². The van der Waals surface area contributed by atoms with Gasteiger partial charge in [0.05, 0.1) is 25.4 Å². The van der Waals surface area contributed by atoms with Gasteiger partial charge in [-0.15, -0.1) is 0 Å². The fraction of sp³-hybridized carbons (Fsp3) is 0.923. The molecule has 2 heterocycles. The van der Waals surface area contributed by atoms with E-state index in [1.54, 1.807) is 0 Å². The quantitative estimate of drug-likeness (QED) is 0.679. The number of hydrogen-bond acceptors (Lipinski definition) is 5. The van der Waals surface area contributed by atoms with Crippen LogP contribution < -0.4 is 10.0 Å². The summed E-state index contributed by atoms with van der Waals surface area (Å²) in [7, 11) is -1.33. The number of rotatable bonds is 5. The molecule has 0 saturated carbocycles. The maximum Gasteiger partial charge on any atom is 0.229 e. The molecule has 0 aromatic carbocycles. The van der Waals surface area contributed by atoms with Crippen LogP contribution in [0.4, 0.5) is 0 Å². The average Bonchev–Trinajstić information content (AvgIpc) is 2.92. The summed E-state index contributed by atoms with van der Waals surface area (Å²) in [4.78, 5) is 14.4. The van der Waals surface area contributed by atoms with Gasteiger partial charge in [0.25, 0.3) is 0 Å². The number of nitrogens with zero attached hydrogens (tertiary/aromatic N) is 1. The molecule has 0 aromatic heterocycles. The van der Waals surface area contributed by atoms with Crippen molar-refractivity contribution in [3.05, 3.63) is 0 Å². The van der Waals surface area contributed by atoms with Crippen LogP contribution in [0, 0.1) is 11.8 Å². The highest BCUT2D eigenvalue weighted by Crippen LogP contribution is 2.22. The first-order chi connectivity index (χ1) is 9.90. The monoisotopic (exact) mass is 319 g/mol. The van der Waals surface area contributed by atoms with Gasteiger partial charge in [-0.1, -0.05) is 0 Å². The van der Waals surface area contributed by atoms with Crippen molar-refractivity contribution < 1.29 is 17.9 Å². The fourth-order valence-electron chi connectivity index (χ4n) is 3.02. The van der Waals surface area contributed by atoms with Crippen LogP contribution in [0.15, 0.2) is 0 Å². The molecular formula is C13H25N3O4S. The number of carbonyl (C=O) groups excluding carboxylic acids is 1. The summed E-state index contributed by atoms with van der Waals surface area (Å²) in [6.45, 7) is 2.81. The van der Waals surface area contributed by atoms with Crippen LogP contribution in [0.1, 0.15) is 12.8 Å². The highest BCUT2D eigenvalue weighted by atomic mass is 32.2. The summed E-state index contributed by atoms with van der Waals surface area (Å²) in [5.74, 6) is 0.181. The van der Waals surface area contributed by atoms with E-state index in [9.17, 15) is 13.2 Å². The van der Waals surface area contributed by atoms with Gasteiger partial charge in [-0.25, -0.2) is 13.1 Å². The van der Waals surface area contributed by atoms with Crippen molar-refractivity contribution >= 4 is 15.9 Å². The van der Waals surface area contributed by atoms with Crippen LogP contribution >= 0.6 is 0 Å². The largest absolute Gasteiger partial charge is 0.379 e. The molecule has 1 amide bonds. The van der Waals surface area contributed by atoms with Gasteiger partial charge < -0.3 is 15.0 Å². The minimum Gasteiger partial charge on any atom is -0.379 e. The van der Waals surface area contributed by atoms with Crippen LogP contribution in [0.2, 0.25) is 0 Å². The van der Waals surface area contributed by atoms with E-state index in [-0.39, 0.29) is 23.8 Å². The summed E-state index contributed by atoms with van der Waals surface area (Å²) >= 11 is 0. The van der Waals surface area contributed by atoms with Crippen molar-refractivity contribution in [3.63, 3.8) is 0 Å². The molecule has 2 rings (SSSR count). The first kappa shape index (κ1) is 16.7. The molecule has 21 heavy (non-hydrogen) atoms. The zero-order chi connectivity index (χ0) is 15.5. The number of likely N-dealkylation sites (tertiary alicyclic amines) is 1. The van der Waals surface area contributed by atoms with Gasteiger partial charge in [0.2, 0.25) is 15.9 Å². The van der Waals surface area contributed by atoms with Crippen molar-refractivity contribution in [1.29, 1.82) is 0 Å². The van der Waals surface area contributed by atoms with Crippen LogP contribution in [0.3, 0.4) is 0 Å². The Balaban J connectivity index is 1.89. The number of piperidine rings is 1. The Hall–Kier alpha value is -0.700. The minimum absolute atomic E-state index is 0.0759. The molecule has 2 aliphatic rings. The van der Waals surface area contributed by atoms with Gasteiger partial charge in [0.1, 0.15) is 0 Å². The Morgan fingerprint density at radius 3 is 2.81 bits per heavy atom. The lowest BCUT2D eigenvalue weighted by Gasteiger charge is -2.35. The van der Waals surface area contributed by atoms with Crippen LogP contribution in [-0.4, -0.2) is 71.4 Å². The minimum atomic E-state index is -3.17. The third kappa shape index (κ3) is 4.64. The Morgan fingerprint density at radius 2 is 2.14 bits per heavy atom. The van der Waals surface area contributed by atoms with Gasteiger partial charge in [0, 0.05) is 25.7 Å². The molecule has 8 heteroatoms. The Kier molecular flexibility index (Phi) is 5.59. The van der Waals surface area contributed by atoms with Gasteiger partial charge in [0.15, 0.2) is 0 Å². The zero-order valence-electron chi connectivity index (χ0n) is 12.7. The third-order valence-corrected chi connectivity index (χ3v) is 4.92. The standard InChI is InChI=1S/C13H25N3O4S/c1-14-12-9-20-8-11(12)13(17)16-5-3-4-10(7-16)6-15-21(2,18)19/h10-12,14-15H,3-9H2,1-2H3. The summed E-state index contributed by atoms with van der Waals surface area (Å²) in [6, 6.07) is 0.0759. The molecule has 2 saturated heterocycles. The van der Waals surface area contributed by atoms with E-state index in [2.05, 4.69) is 10.0 Å². The fourth-order valence-corrected chi connectivity index (χ4v) is 3.56. The molecule has 0 radical (unpaired) electrons. The predicted molar refractivity (Wildman–Crippen MR) is 79.3 cm³/mol. The molecule has 3 unspecified atom stereocenters. The summed E-state index contributed by atoms with van der Waals surface area (Å²) in [5, 5.41) is 3.13. The highest BCUT2D eigenvalue weighted by Gasteiger charge is 2.37. The lowest BCUT2D eigenvalue weighted by Crippen LogP contribution is -2.49. The SMILES string of the molecule is CNC1COCC1C(=O)N1CCCC(CNS(C)(=O)=O)C1. The number of nitrogens with one attached hydrogen (secondary N) is 2. The Morgan fingerprint density at radius 1 is 1.38 bits per heavy atom. The lowest BCUT2D eigenvalue weighted by molar-refractivity contribution is -0.137. The van der Waals surface area contributed by atoms with Crippen molar-refractivity contribution in [2.24, 2.45) is 11.8 Å². The molecule has 2 N–H and O–H groups in total. The number of likely N-dealkylation sites (N-methyl/N-ethyl adjacent to an activating group) is 1. The molecular weight excluding hydrogens is 294 g/mol. The molecule has 122 valence electrons. The molecule has 0 aliphatic carbocycles. The normalized spacial score (nSPS) is 30.6. The van der Waals surface area contributed by atoms with E-state index in [1.807, 2.05) is 11.9 Å². The second-order valence-electron chi connectivity index (χ2n) is 5.95. The second kappa shape index (κ2) is 7.04. The Bertz CT molecular complexity index is 468. The first-order valence-electron chi connectivity index (χ1n) is 7.39. The van der Waals surface area contributed by atoms with E-state index >= 15 is 0 Å². The topological polar surface area (TPSA) is 87.7 Å². The molecule has 7 nitrogen and oxygen atoms in total. The molecule has 2 aliphatic heterocycles. The van der Waals surface area contributed by atoms with E-state index in [1.165, 1.54) is 0 Å². The molecule has 3 atom stereocenters. The maximum atomic E-state index is 12.6. The number of sulfonamides is 1. The van der Waals surface area contributed by atoms with Crippen LogP contribution in [-0.2, 0) is 19.6 Å². The number of ether oxygens (including phenoxy) is 1. The number of hydrogen-bond donors (Lipinski definition) is 2. The van der Waals surface area contributed by atoms with E-state index in [0.717, 1.165) is 25.6 Å².